The molecular weight excluding hydrogens is 288 g/mol. The van der Waals surface area contributed by atoms with Gasteiger partial charge in [-0.1, -0.05) is 35.0 Å². The van der Waals surface area contributed by atoms with Gasteiger partial charge >= 0.3 is 0 Å². The molecule has 2 rings (SSSR count). The zero-order valence-electron chi connectivity index (χ0n) is 10.7. The third kappa shape index (κ3) is 3.30. The van der Waals surface area contributed by atoms with Crippen LogP contribution in [0.1, 0.15) is 25.3 Å². The molecule has 2 nitrogen and oxygen atoms in total. The topological polar surface area (TPSA) is 24.9 Å². The minimum atomic E-state index is 1.06. The molecule has 1 aromatic heterocycles. The van der Waals surface area contributed by atoms with Crippen LogP contribution in [-0.4, -0.2) is 18.1 Å². The number of nitrogens with one attached hydrogen (secondary N) is 1. The third-order valence-electron chi connectivity index (χ3n) is 3.10. The maximum atomic E-state index is 4.51. The second-order valence-corrected chi connectivity index (χ2v) is 5.27. The van der Waals surface area contributed by atoms with Crippen molar-refractivity contribution in [3.05, 3.63) is 40.5 Å². The Balaban J connectivity index is 2.07. The van der Waals surface area contributed by atoms with Gasteiger partial charge in [0.05, 0.1) is 5.52 Å². The summed E-state index contributed by atoms with van der Waals surface area (Å²) < 4.78 is 1.13. The largest absolute Gasteiger partial charge is 0.317 e. The van der Waals surface area contributed by atoms with Crippen LogP contribution in [0.15, 0.2) is 34.9 Å². The van der Waals surface area contributed by atoms with E-state index in [1.54, 1.807) is 0 Å². The van der Waals surface area contributed by atoms with Crippen LogP contribution >= 0.6 is 15.9 Å². The number of nitrogens with zero attached hydrogens (tertiary/aromatic N) is 1. The predicted molar refractivity (Wildman–Crippen MR) is 80.9 cm³/mol. The molecule has 0 amide bonds. The fourth-order valence-electron chi connectivity index (χ4n) is 2.14. The first-order valence-corrected chi connectivity index (χ1v) is 7.35. The average molecular weight is 307 g/mol. The Bertz CT molecular complexity index is 511. The van der Waals surface area contributed by atoms with E-state index in [2.05, 4.69) is 51.4 Å². The summed E-state index contributed by atoms with van der Waals surface area (Å²) in [6.07, 6.45) is 5.40. The molecule has 0 bridgehead atoms. The molecule has 1 heterocycles. The molecule has 0 fully saturated rings. The number of unbranched alkanes of at least 4 members (excludes halogenated alkanes) is 1. The van der Waals surface area contributed by atoms with Gasteiger partial charge in [0.15, 0.2) is 0 Å². The van der Waals surface area contributed by atoms with Crippen molar-refractivity contribution in [3.8, 4) is 0 Å². The molecule has 0 aliphatic carbocycles. The second kappa shape index (κ2) is 6.86. The maximum absolute atomic E-state index is 4.51. The van der Waals surface area contributed by atoms with E-state index in [9.17, 15) is 0 Å². The molecule has 3 heteroatoms. The fourth-order valence-corrected chi connectivity index (χ4v) is 2.59. The highest BCUT2D eigenvalue weighted by atomic mass is 79.9. The van der Waals surface area contributed by atoms with Crippen molar-refractivity contribution in [1.29, 1.82) is 0 Å². The number of hydrogen-bond donors (Lipinski definition) is 1. The van der Waals surface area contributed by atoms with Gasteiger partial charge in [-0.25, -0.2) is 0 Å². The molecule has 0 aliphatic heterocycles. The van der Waals surface area contributed by atoms with Crippen molar-refractivity contribution in [1.82, 2.24) is 10.3 Å². The molecule has 0 saturated carbocycles. The number of fused-ring (bicyclic) bond motifs is 1. The maximum Gasteiger partial charge on any atom is 0.0745 e. The summed E-state index contributed by atoms with van der Waals surface area (Å²) in [6.45, 7) is 4.31. The molecule has 0 saturated heterocycles. The van der Waals surface area contributed by atoms with Gasteiger partial charge in [-0.05, 0) is 50.0 Å². The molecule has 0 unspecified atom stereocenters. The highest BCUT2D eigenvalue weighted by molar-refractivity contribution is 9.10. The van der Waals surface area contributed by atoms with Crippen LogP contribution < -0.4 is 5.32 Å². The van der Waals surface area contributed by atoms with Crippen LogP contribution in [0.25, 0.3) is 10.9 Å². The zero-order chi connectivity index (χ0) is 12.8. The standard InChI is InChI=1S/C15H19BrN2/c1-2-17-10-4-3-6-12-8-9-14(16)13-7-5-11-18-15(12)13/h5,7-9,11,17H,2-4,6,10H2,1H3. The first-order valence-electron chi connectivity index (χ1n) is 6.55. The number of benzene rings is 1. The summed E-state index contributed by atoms with van der Waals surface area (Å²) in [4.78, 5) is 4.51. The van der Waals surface area contributed by atoms with E-state index in [-0.39, 0.29) is 0 Å². The van der Waals surface area contributed by atoms with Crippen LogP contribution in [-0.2, 0) is 6.42 Å². The summed E-state index contributed by atoms with van der Waals surface area (Å²) in [5, 5.41) is 4.57. The molecule has 0 aliphatic rings. The van der Waals surface area contributed by atoms with Gasteiger partial charge < -0.3 is 5.32 Å². The van der Waals surface area contributed by atoms with E-state index in [0.717, 1.165) is 29.5 Å². The summed E-state index contributed by atoms with van der Waals surface area (Å²) in [5.41, 5.74) is 2.49. The average Bonchev–Trinajstić information content (AvgIpc) is 2.41. The second-order valence-electron chi connectivity index (χ2n) is 4.42. The lowest BCUT2D eigenvalue weighted by Gasteiger charge is -2.07. The quantitative estimate of drug-likeness (QED) is 0.818. The Morgan fingerprint density at radius 3 is 2.94 bits per heavy atom. The number of rotatable bonds is 6. The Morgan fingerprint density at radius 2 is 2.11 bits per heavy atom. The lowest BCUT2D eigenvalue weighted by molar-refractivity contribution is 0.641. The van der Waals surface area contributed by atoms with Gasteiger partial charge in [-0.2, -0.15) is 0 Å². The van der Waals surface area contributed by atoms with Crippen molar-refractivity contribution < 1.29 is 0 Å². The lowest BCUT2D eigenvalue weighted by atomic mass is 10.0. The Hall–Kier alpha value is -0.930. The number of pyridine rings is 1. The van der Waals surface area contributed by atoms with E-state index < -0.39 is 0 Å². The van der Waals surface area contributed by atoms with Gasteiger partial charge in [0.2, 0.25) is 0 Å². The minimum Gasteiger partial charge on any atom is -0.317 e. The highest BCUT2D eigenvalue weighted by Crippen LogP contribution is 2.25. The molecule has 18 heavy (non-hydrogen) atoms. The first-order chi connectivity index (χ1) is 8.83. The SMILES string of the molecule is CCNCCCCc1ccc(Br)c2cccnc12. The van der Waals surface area contributed by atoms with Gasteiger partial charge in [0.25, 0.3) is 0 Å². The number of aryl methyl sites for hydroxylation is 1. The van der Waals surface area contributed by atoms with E-state index in [1.807, 2.05) is 12.3 Å². The summed E-state index contributed by atoms with van der Waals surface area (Å²) in [6, 6.07) is 8.42. The Labute approximate surface area is 117 Å². The van der Waals surface area contributed by atoms with Crippen molar-refractivity contribution in [2.75, 3.05) is 13.1 Å². The Morgan fingerprint density at radius 1 is 1.22 bits per heavy atom. The highest BCUT2D eigenvalue weighted by Gasteiger charge is 2.04. The van der Waals surface area contributed by atoms with Gasteiger partial charge in [-0.3, -0.25) is 4.98 Å². The number of hydrogen-bond acceptors (Lipinski definition) is 2. The monoisotopic (exact) mass is 306 g/mol. The van der Waals surface area contributed by atoms with Gasteiger partial charge in [-0.15, -0.1) is 0 Å². The zero-order valence-corrected chi connectivity index (χ0v) is 12.3. The van der Waals surface area contributed by atoms with Crippen LogP contribution in [0.4, 0.5) is 0 Å². The van der Waals surface area contributed by atoms with Gasteiger partial charge in [0, 0.05) is 16.1 Å². The van der Waals surface area contributed by atoms with Crippen LogP contribution in [0.3, 0.4) is 0 Å². The molecular formula is C15H19BrN2. The van der Waals surface area contributed by atoms with Crippen molar-refractivity contribution >= 4 is 26.8 Å². The van der Waals surface area contributed by atoms with E-state index >= 15 is 0 Å². The molecule has 0 atom stereocenters. The van der Waals surface area contributed by atoms with Crippen LogP contribution in [0.5, 0.6) is 0 Å². The van der Waals surface area contributed by atoms with Crippen molar-refractivity contribution in [3.63, 3.8) is 0 Å². The molecule has 1 N–H and O–H groups in total. The first kappa shape index (κ1) is 13.5. The summed E-state index contributed by atoms with van der Waals surface area (Å²) in [5.74, 6) is 0. The lowest BCUT2D eigenvalue weighted by Crippen LogP contribution is -2.13. The predicted octanol–water partition coefficient (Wildman–Crippen LogP) is 3.93. The molecule has 0 spiro atoms. The molecule has 0 radical (unpaired) electrons. The number of halogens is 1. The smallest absolute Gasteiger partial charge is 0.0745 e. The fraction of sp³-hybridized carbons (Fsp3) is 0.400. The van der Waals surface area contributed by atoms with Crippen LogP contribution in [0.2, 0.25) is 0 Å². The third-order valence-corrected chi connectivity index (χ3v) is 3.79. The van der Waals surface area contributed by atoms with E-state index in [1.165, 1.54) is 23.8 Å². The number of aromatic nitrogens is 1. The van der Waals surface area contributed by atoms with E-state index in [4.69, 9.17) is 0 Å². The van der Waals surface area contributed by atoms with Crippen molar-refractivity contribution in [2.45, 2.75) is 26.2 Å². The normalized spacial score (nSPS) is 11.0. The van der Waals surface area contributed by atoms with Gasteiger partial charge in [0.1, 0.15) is 0 Å². The molecule has 2 aromatic rings. The van der Waals surface area contributed by atoms with Crippen molar-refractivity contribution in [2.24, 2.45) is 0 Å². The minimum absolute atomic E-state index is 1.06. The molecule has 1 aromatic carbocycles. The molecule has 96 valence electrons. The summed E-state index contributed by atoms with van der Waals surface area (Å²) in [7, 11) is 0. The summed E-state index contributed by atoms with van der Waals surface area (Å²) >= 11 is 3.58. The van der Waals surface area contributed by atoms with Crippen LogP contribution in [0, 0.1) is 0 Å². The Kier molecular flexibility index (Phi) is 5.14. The van der Waals surface area contributed by atoms with E-state index in [0.29, 0.717) is 0 Å².